The van der Waals surface area contributed by atoms with Crippen molar-refractivity contribution in [3.05, 3.63) is 58.8 Å². The summed E-state index contributed by atoms with van der Waals surface area (Å²) in [5, 5.41) is 0. The predicted molar refractivity (Wildman–Crippen MR) is 89.6 cm³/mol. The van der Waals surface area contributed by atoms with E-state index in [1.807, 2.05) is 13.1 Å². The highest BCUT2D eigenvalue weighted by Gasteiger charge is 2.09. The smallest absolute Gasteiger partial charge is 0.131 e. The highest BCUT2D eigenvalue weighted by atomic mass is 15.2. The number of anilines is 1. The maximum Gasteiger partial charge on any atom is 0.131 e. The normalized spacial score (nSPS) is 12.2. The van der Waals surface area contributed by atoms with Crippen molar-refractivity contribution in [1.29, 1.82) is 0 Å². The largest absolute Gasteiger partial charge is 0.355 e. The monoisotopic (exact) mass is 283 g/mol. The first-order valence-electron chi connectivity index (χ1n) is 7.43. The molecule has 0 saturated heterocycles. The van der Waals surface area contributed by atoms with Crippen molar-refractivity contribution >= 4 is 5.82 Å². The van der Waals surface area contributed by atoms with E-state index in [1.165, 1.54) is 22.3 Å². The van der Waals surface area contributed by atoms with Crippen molar-refractivity contribution in [3.8, 4) is 0 Å². The van der Waals surface area contributed by atoms with Crippen LogP contribution in [0.4, 0.5) is 5.82 Å². The summed E-state index contributed by atoms with van der Waals surface area (Å²) in [4.78, 5) is 6.81. The molecule has 0 aliphatic rings. The van der Waals surface area contributed by atoms with E-state index in [1.54, 1.807) is 0 Å². The SMILES string of the molecule is Cc1ccc(CN(C)c2ncc(CC(C)N)cc2C)cc1. The summed E-state index contributed by atoms with van der Waals surface area (Å²) in [6.07, 6.45) is 2.81. The van der Waals surface area contributed by atoms with E-state index in [0.717, 1.165) is 18.8 Å². The maximum absolute atomic E-state index is 5.85. The van der Waals surface area contributed by atoms with E-state index >= 15 is 0 Å². The van der Waals surface area contributed by atoms with Gasteiger partial charge in [0.25, 0.3) is 0 Å². The third-order valence-electron chi connectivity index (χ3n) is 3.57. The zero-order valence-corrected chi connectivity index (χ0v) is 13.4. The molecule has 2 aromatic rings. The average Bonchev–Trinajstić information content (AvgIpc) is 2.40. The van der Waals surface area contributed by atoms with Crippen LogP contribution in [0.3, 0.4) is 0 Å². The standard InChI is InChI=1S/C18H25N3/c1-13-5-7-16(8-6-13)12-21(4)18-14(2)9-17(11-20-18)10-15(3)19/h5-9,11,15H,10,12,19H2,1-4H3. The molecule has 1 aromatic heterocycles. The summed E-state index contributed by atoms with van der Waals surface area (Å²) >= 11 is 0. The Bertz CT molecular complexity index is 588. The third-order valence-corrected chi connectivity index (χ3v) is 3.57. The van der Waals surface area contributed by atoms with E-state index in [2.05, 4.69) is 61.1 Å². The van der Waals surface area contributed by atoms with Gasteiger partial charge < -0.3 is 10.6 Å². The highest BCUT2D eigenvalue weighted by Crippen LogP contribution is 2.19. The molecule has 2 rings (SSSR count). The Morgan fingerprint density at radius 2 is 1.81 bits per heavy atom. The number of hydrogen-bond donors (Lipinski definition) is 1. The lowest BCUT2D eigenvalue weighted by molar-refractivity contribution is 0.734. The number of aryl methyl sites for hydroxylation is 2. The minimum absolute atomic E-state index is 0.169. The van der Waals surface area contributed by atoms with Crippen molar-refractivity contribution in [2.45, 2.75) is 39.8 Å². The summed E-state index contributed by atoms with van der Waals surface area (Å²) in [5.41, 5.74) is 10.8. The number of hydrogen-bond acceptors (Lipinski definition) is 3. The van der Waals surface area contributed by atoms with Crippen LogP contribution < -0.4 is 10.6 Å². The first-order chi connectivity index (χ1) is 9.95. The lowest BCUT2D eigenvalue weighted by Gasteiger charge is -2.21. The summed E-state index contributed by atoms with van der Waals surface area (Å²) in [5.74, 6) is 1.03. The third kappa shape index (κ3) is 4.30. The van der Waals surface area contributed by atoms with Crippen molar-refractivity contribution in [2.24, 2.45) is 5.73 Å². The van der Waals surface area contributed by atoms with E-state index < -0.39 is 0 Å². The van der Waals surface area contributed by atoms with Gasteiger partial charge in [0.15, 0.2) is 0 Å². The Morgan fingerprint density at radius 3 is 2.38 bits per heavy atom. The number of benzene rings is 1. The summed E-state index contributed by atoms with van der Waals surface area (Å²) in [7, 11) is 2.08. The highest BCUT2D eigenvalue weighted by molar-refractivity contribution is 5.47. The molecule has 0 aliphatic heterocycles. The molecular formula is C18H25N3. The number of aromatic nitrogens is 1. The molecule has 1 aromatic carbocycles. The molecule has 3 heteroatoms. The van der Waals surface area contributed by atoms with E-state index in [-0.39, 0.29) is 6.04 Å². The predicted octanol–water partition coefficient (Wildman–Crippen LogP) is 3.22. The van der Waals surface area contributed by atoms with Gasteiger partial charge in [0.05, 0.1) is 0 Å². The average molecular weight is 283 g/mol. The molecule has 2 N–H and O–H groups in total. The van der Waals surface area contributed by atoms with Crippen LogP contribution in [0.5, 0.6) is 0 Å². The Morgan fingerprint density at radius 1 is 1.14 bits per heavy atom. The summed E-state index contributed by atoms with van der Waals surface area (Å²) in [6, 6.07) is 11.0. The molecule has 0 fully saturated rings. The molecule has 0 saturated carbocycles. The molecule has 0 radical (unpaired) electrons. The Hall–Kier alpha value is -1.87. The molecule has 1 unspecified atom stereocenters. The second-order valence-electron chi connectivity index (χ2n) is 6.01. The summed E-state index contributed by atoms with van der Waals surface area (Å²) < 4.78 is 0. The molecule has 21 heavy (non-hydrogen) atoms. The van der Waals surface area contributed by atoms with Gasteiger partial charge in [-0.25, -0.2) is 4.98 Å². The van der Waals surface area contributed by atoms with Gasteiger partial charge >= 0.3 is 0 Å². The van der Waals surface area contributed by atoms with Gasteiger partial charge in [0, 0.05) is 25.8 Å². The fourth-order valence-electron chi connectivity index (χ4n) is 2.55. The number of nitrogens with two attached hydrogens (primary N) is 1. The molecule has 0 spiro atoms. The Balaban J connectivity index is 2.11. The number of rotatable bonds is 5. The van der Waals surface area contributed by atoms with Crippen LogP contribution >= 0.6 is 0 Å². The molecule has 3 nitrogen and oxygen atoms in total. The quantitative estimate of drug-likeness (QED) is 0.916. The van der Waals surface area contributed by atoms with Crippen molar-refractivity contribution < 1.29 is 0 Å². The second kappa shape index (κ2) is 6.72. The first kappa shape index (κ1) is 15.5. The van der Waals surface area contributed by atoms with E-state index in [9.17, 15) is 0 Å². The molecule has 0 bridgehead atoms. The Labute approximate surface area is 127 Å². The van der Waals surface area contributed by atoms with Crippen LogP contribution in [-0.2, 0) is 13.0 Å². The van der Waals surface area contributed by atoms with Crippen molar-refractivity contribution in [3.63, 3.8) is 0 Å². The van der Waals surface area contributed by atoms with Gasteiger partial charge in [-0.2, -0.15) is 0 Å². The van der Waals surface area contributed by atoms with Gasteiger partial charge in [-0.05, 0) is 43.9 Å². The first-order valence-corrected chi connectivity index (χ1v) is 7.43. The van der Waals surface area contributed by atoms with Gasteiger partial charge in [0.1, 0.15) is 5.82 Å². The number of nitrogens with zero attached hydrogens (tertiary/aromatic N) is 2. The van der Waals surface area contributed by atoms with Crippen LogP contribution in [0.2, 0.25) is 0 Å². The van der Waals surface area contributed by atoms with Crippen LogP contribution in [0.25, 0.3) is 0 Å². The van der Waals surface area contributed by atoms with Gasteiger partial charge in [0.2, 0.25) is 0 Å². The van der Waals surface area contributed by atoms with Crippen LogP contribution in [0, 0.1) is 13.8 Å². The zero-order valence-electron chi connectivity index (χ0n) is 13.4. The van der Waals surface area contributed by atoms with Crippen LogP contribution in [-0.4, -0.2) is 18.1 Å². The molecule has 1 heterocycles. The topological polar surface area (TPSA) is 42.2 Å². The minimum atomic E-state index is 0.169. The zero-order chi connectivity index (χ0) is 15.4. The molecular weight excluding hydrogens is 258 g/mol. The molecule has 0 aliphatic carbocycles. The minimum Gasteiger partial charge on any atom is -0.355 e. The fourth-order valence-corrected chi connectivity index (χ4v) is 2.55. The lowest BCUT2D eigenvalue weighted by Crippen LogP contribution is -2.20. The van der Waals surface area contributed by atoms with Crippen LogP contribution in [0.15, 0.2) is 36.5 Å². The number of pyridine rings is 1. The van der Waals surface area contributed by atoms with E-state index in [4.69, 9.17) is 5.73 Å². The summed E-state index contributed by atoms with van der Waals surface area (Å²) in [6.45, 7) is 7.10. The molecule has 1 atom stereocenters. The lowest BCUT2D eigenvalue weighted by atomic mass is 10.1. The van der Waals surface area contributed by atoms with E-state index in [0.29, 0.717) is 0 Å². The van der Waals surface area contributed by atoms with Crippen LogP contribution in [0.1, 0.15) is 29.2 Å². The van der Waals surface area contributed by atoms with Crippen molar-refractivity contribution in [1.82, 2.24) is 4.98 Å². The fraction of sp³-hybridized carbons (Fsp3) is 0.389. The van der Waals surface area contributed by atoms with Gasteiger partial charge in [-0.1, -0.05) is 35.9 Å². The molecule has 0 amide bonds. The van der Waals surface area contributed by atoms with Crippen molar-refractivity contribution in [2.75, 3.05) is 11.9 Å². The Kier molecular flexibility index (Phi) is 4.97. The molecule has 112 valence electrons. The van der Waals surface area contributed by atoms with Gasteiger partial charge in [-0.15, -0.1) is 0 Å². The maximum atomic E-state index is 5.85. The second-order valence-corrected chi connectivity index (χ2v) is 6.01. The van der Waals surface area contributed by atoms with Gasteiger partial charge in [-0.3, -0.25) is 0 Å².